The second kappa shape index (κ2) is 7.13. The van der Waals surface area contributed by atoms with Crippen LogP contribution in [0.25, 0.3) is 0 Å². The summed E-state index contributed by atoms with van der Waals surface area (Å²) in [6.45, 7) is 2.75. The number of nitrogens with two attached hydrogens (primary N) is 1. The Kier molecular flexibility index (Phi) is 4.96. The Labute approximate surface area is 137 Å². The summed E-state index contributed by atoms with van der Waals surface area (Å²) < 4.78 is 0. The molecule has 2 aliphatic heterocycles. The summed E-state index contributed by atoms with van der Waals surface area (Å²) in [7, 11) is 0. The number of hydrogen-bond acceptors (Lipinski definition) is 3. The highest BCUT2D eigenvalue weighted by Gasteiger charge is 2.31. The van der Waals surface area contributed by atoms with E-state index in [9.17, 15) is 9.59 Å². The van der Waals surface area contributed by atoms with E-state index in [1.165, 1.54) is 5.56 Å². The van der Waals surface area contributed by atoms with Crippen molar-refractivity contribution in [3.63, 3.8) is 0 Å². The van der Waals surface area contributed by atoms with Crippen LogP contribution in [0.4, 0.5) is 0 Å². The quantitative estimate of drug-likeness (QED) is 0.916. The highest BCUT2D eigenvalue weighted by atomic mass is 16.2. The molecule has 5 nitrogen and oxygen atoms in total. The van der Waals surface area contributed by atoms with Gasteiger partial charge in [-0.05, 0) is 37.8 Å². The van der Waals surface area contributed by atoms with E-state index in [1.54, 1.807) is 0 Å². The van der Waals surface area contributed by atoms with E-state index in [0.717, 1.165) is 19.4 Å². The van der Waals surface area contributed by atoms with Gasteiger partial charge in [0.1, 0.15) is 0 Å². The molecule has 2 N–H and O–H groups in total. The third kappa shape index (κ3) is 3.72. The third-order valence-electron chi connectivity index (χ3n) is 5.14. The fraction of sp³-hybridized carbons (Fsp3) is 0.556. The first kappa shape index (κ1) is 16.0. The predicted molar refractivity (Wildman–Crippen MR) is 88.5 cm³/mol. The van der Waals surface area contributed by atoms with Gasteiger partial charge in [0.15, 0.2) is 0 Å². The van der Waals surface area contributed by atoms with E-state index >= 15 is 0 Å². The molecule has 2 fully saturated rings. The molecule has 1 unspecified atom stereocenters. The summed E-state index contributed by atoms with van der Waals surface area (Å²) in [5.41, 5.74) is 6.65. The number of rotatable bonds is 4. The lowest BCUT2D eigenvalue weighted by Gasteiger charge is -2.33. The van der Waals surface area contributed by atoms with E-state index in [1.807, 2.05) is 11.0 Å². The maximum atomic E-state index is 12.6. The van der Waals surface area contributed by atoms with Crippen molar-refractivity contribution in [1.82, 2.24) is 9.80 Å². The first-order valence-corrected chi connectivity index (χ1v) is 8.51. The average Bonchev–Trinajstić information content (AvgIpc) is 3.04. The molecule has 23 heavy (non-hydrogen) atoms. The van der Waals surface area contributed by atoms with Crippen molar-refractivity contribution in [1.29, 1.82) is 0 Å². The molecule has 124 valence electrons. The van der Waals surface area contributed by atoms with Crippen LogP contribution in [0.2, 0.25) is 0 Å². The van der Waals surface area contributed by atoms with Crippen LogP contribution in [0.3, 0.4) is 0 Å². The number of piperidine rings is 1. The van der Waals surface area contributed by atoms with Gasteiger partial charge in [0.05, 0.1) is 6.54 Å². The standard InChI is InChI=1S/C18H25N3O2/c19-18(23)15-8-11-20(12-9-15)17(22)13-21-10-4-7-16(21)14-5-2-1-3-6-14/h1-3,5-6,15-16H,4,7-13H2,(H2,19,23). The van der Waals surface area contributed by atoms with Crippen molar-refractivity contribution in [2.24, 2.45) is 11.7 Å². The summed E-state index contributed by atoms with van der Waals surface area (Å²) in [4.78, 5) is 28.0. The van der Waals surface area contributed by atoms with Crippen molar-refractivity contribution in [2.75, 3.05) is 26.2 Å². The van der Waals surface area contributed by atoms with Gasteiger partial charge in [-0.3, -0.25) is 14.5 Å². The highest BCUT2D eigenvalue weighted by molar-refractivity contribution is 5.80. The third-order valence-corrected chi connectivity index (χ3v) is 5.14. The molecule has 0 aromatic heterocycles. The van der Waals surface area contributed by atoms with E-state index < -0.39 is 0 Å². The fourth-order valence-electron chi connectivity index (χ4n) is 3.76. The molecule has 0 saturated carbocycles. The minimum atomic E-state index is -0.235. The number of carbonyl (C=O) groups excluding carboxylic acids is 2. The minimum Gasteiger partial charge on any atom is -0.369 e. The molecule has 5 heteroatoms. The van der Waals surface area contributed by atoms with Crippen LogP contribution >= 0.6 is 0 Å². The summed E-state index contributed by atoms with van der Waals surface area (Å²) in [6, 6.07) is 10.8. The minimum absolute atomic E-state index is 0.0668. The zero-order valence-electron chi connectivity index (χ0n) is 13.5. The van der Waals surface area contributed by atoms with Gasteiger partial charge in [-0.15, -0.1) is 0 Å². The molecular weight excluding hydrogens is 290 g/mol. The van der Waals surface area contributed by atoms with Gasteiger partial charge in [0, 0.05) is 25.0 Å². The maximum absolute atomic E-state index is 12.6. The summed E-state index contributed by atoms with van der Waals surface area (Å²) in [5.74, 6) is -0.126. The van der Waals surface area contributed by atoms with Gasteiger partial charge in [-0.2, -0.15) is 0 Å². The lowest BCUT2D eigenvalue weighted by Crippen LogP contribution is -2.45. The fourth-order valence-corrected chi connectivity index (χ4v) is 3.76. The lowest BCUT2D eigenvalue weighted by molar-refractivity contribution is -0.136. The van der Waals surface area contributed by atoms with E-state index in [-0.39, 0.29) is 17.7 Å². The number of amides is 2. The van der Waals surface area contributed by atoms with Crippen LogP contribution in [0.5, 0.6) is 0 Å². The van der Waals surface area contributed by atoms with Crippen molar-refractivity contribution >= 4 is 11.8 Å². The van der Waals surface area contributed by atoms with Gasteiger partial charge in [-0.1, -0.05) is 30.3 Å². The largest absolute Gasteiger partial charge is 0.369 e. The summed E-state index contributed by atoms with van der Waals surface area (Å²) >= 11 is 0. The lowest BCUT2D eigenvalue weighted by atomic mass is 9.96. The van der Waals surface area contributed by atoms with Crippen molar-refractivity contribution < 1.29 is 9.59 Å². The maximum Gasteiger partial charge on any atom is 0.236 e. The summed E-state index contributed by atoms with van der Waals surface area (Å²) in [5, 5.41) is 0. The Hall–Kier alpha value is -1.88. The number of carbonyl (C=O) groups is 2. The Balaban J connectivity index is 1.56. The monoisotopic (exact) mass is 315 g/mol. The van der Waals surface area contributed by atoms with Crippen LogP contribution in [0.15, 0.2) is 30.3 Å². The SMILES string of the molecule is NC(=O)C1CCN(C(=O)CN2CCCC2c2ccccc2)CC1. The van der Waals surface area contributed by atoms with Gasteiger partial charge in [0.2, 0.25) is 11.8 Å². The van der Waals surface area contributed by atoms with Gasteiger partial charge in [0.25, 0.3) is 0 Å². The van der Waals surface area contributed by atoms with Crippen LogP contribution < -0.4 is 5.73 Å². The van der Waals surface area contributed by atoms with Crippen LogP contribution in [-0.4, -0.2) is 47.8 Å². The normalized spacial score (nSPS) is 23.1. The van der Waals surface area contributed by atoms with Crippen molar-refractivity contribution in [3.8, 4) is 0 Å². The Morgan fingerprint density at radius 2 is 1.74 bits per heavy atom. The average molecular weight is 315 g/mol. The molecule has 1 atom stereocenters. The second-order valence-corrected chi connectivity index (χ2v) is 6.60. The Bertz CT molecular complexity index is 553. The molecule has 0 radical (unpaired) electrons. The predicted octanol–water partition coefficient (Wildman–Crippen LogP) is 1.55. The van der Waals surface area contributed by atoms with Crippen LogP contribution in [0.1, 0.15) is 37.3 Å². The topological polar surface area (TPSA) is 66.6 Å². The molecule has 2 amide bonds. The zero-order valence-corrected chi connectivity index (χ0v) is 13.5. The van der Waals surface area contributed by atoms with Gasteiger partial charge in [-0.25, -0.2) is 0 Å². The molecule has 2 saturated heterocycles. The molecule has 0 bridgehead atoms. The first-order chi connectivity index (χ1) is 11.1. The Morgan fingerprint density at radius 1 is 1.04 bits per heavy atom. The van der Waals surface area contributed by atoms with Gasteiger partial charge >= 0.3 is 0 Å². The second-order valence-electron chi connectivity index (χ2n) is 6.60. The van der Waals surface area contributed by atoms with Crippen molar-refractivity contribution in [3.05, 3.63) is 35.9 Å². The van der Waals surface area contributed by atoms with E-state index in [0.29, 0.717) is 38.5 Å². The van der Waals surface area contributed by atoms with Crippen LogP contribution in [-0.2, 0) is 9.59 Å². The summed E-state index contributed by atoms with van der Waals surface area (Å²) in [6.07, 6.45) is 3.64. The molecule has 1 aromatic carbocycles. The molecule has 2 aliphatic rings. The van der Waals surface area contributed by atoms with Crippen molar-refractivity contribution in [2.45, 2.75) is 31.7 Å². The van der Waals surface area contributed by atoms with E-state index in [4.69, 9.17) is 5.73 Å². The van der Waals surface area contributed by atoms with Crippen LogP contribution in [0, 0.1) is 5.92 Å². The first-order valence-electron chi connectivity index (χ1n) is 8.51. The van der Waals surface area contributed by atoms with E-state index in [2.05, 4.69) is 29.2 Å². The molecule has 3 rings (SSSR count). The Morgan fingerprint density at radius 3 is 2.39 bits per heavy atom. The molecular formula is C18H25N3O2. The number of likely N-dealkylation sites (tertiary alicyclic amines) is 2. The zero-order chi connectivity index (χ0) is 16.2. The highest BCUT2D eigenvalue weighted by Crippen LogP contribution is 2.31. The molecule has 0 aliphatic carbocycles. The number of hydrogen-bond donors (Lipinski definition) is 1. The molecule has 2 heterocycles. The molecule has 0 spiro atoms. The smallest absolute Gasteiger partial charge is 0.236 e. The number of nitrogens with zero attached hydrogens (tertiary/aromatic N) is 2. The number of primary amides is 1. The number of benzene rings is 1. The molecule has 1 aromatic rings. The van der Waals surface area contributed by atoms with Gasteiger partial charge < -0.3 is 10.6 Å².